The van der Waals surface area contributed by atoms with Gasteiger partial charge in [0.15, 0.2) is 0 Å². The van der Waals surface area contributed by atoms with E-state index >= 15 is 0 Å². The lowest BCUT2D eigenvalue weighted by atomic mass is 10.1. The molecule has 1 amide bonds. The zero-order valence-corrected chi connectivity index (χ0v) is 21.6. The summed E-state index contributed by atoms with van der Waals surface area (Å²) >= 11 is 0. The molecule has 3 heterocycles. The first kappa shape index (κ1) is 26.1. The summed E-state index contributed by atoms with van der Waals surface area (Å²) in [5.74, 6) is -1.00. The average molecular weight is 513 g/mol. The predicted molar refractivity (Wildman–Crippen MR) is 148 cm³/mol. The predicted octanol–water partition coefficient (Wildman–Crippen LogP) is 4.48. The van der Waals surface area contributed by atoms with Crippen molar-refractivity contribution in [2.45, 2.75) is 20.4 Å². The summed E-state index contributed by atoms with van der Waals surface area (Å²) in [6, 6.07) is 14.6. The highest BCUT2D eigenvalue weighted by atomic mass is 16.5. The number of aryl methyl sites for hydroxylation is 1. The van der Waals surface area contributed by atoms with Crippen LogP contribution in [-0.2, 0) is 23.1 Å². The van der Waals surface area contributed by atoms with E-state index in [1.54, 1.807) is 23.1 Å². The first-order chi connectivity index (χ1) is 18.4. The summed E-state index contributed by atoms with van der Waals surface area (Å²) in [5.41, 5.74) is 2.66. The maximum atomic E-state index is 13.4. The second kappa shape index (κ2) is 11.4. The van der Waals surface area contributed by atoms with E-state index in [1.807, 2.05) is 57.3 Å². The lowest BCUT2D eigenvalue weighted by Crippen LogP contribution is -2.27. The van der Waals surface area contributed by atoms with Crippen molar-refractivity contribution in [1.29, 1.82) is 0 Å². The van der Waals surface area contributed by atoms with Gasteiger partial charge in [0, 0.05) is 30.5 Å². The van der Waals surface area contributed by atoms with Crippen molar-refractivity contribution in [1.82, 2.24) is 19.3 Å². The summed E-state index contributed by atoms with van der Waals surface area (Å²) < 4.78 is 7.81. The molecule has 0 radical (unpaired) electrons. The van der Waals surface area contributed by atoms with Crippen LogP contribution in [0, 0.1) is 0 Å². The van der Waals surface area contributed by atoms with Crippen LogP contribution in [0.25, 0.3) is 21.7 Å². The zero-order valence-electron chi connectivity index (χ0n) is 21.6. The Morgan fingerprint density at radius 2 is 1.79 bits per heavy atom. The van der Waals surface area contributed by atoms with Gasteiger partial charge < -0.3 is 19.9 Å². The van der Waals surface area contributed by atoms with E-state index in [2.05, 4.69) is 25.5 Å². The molecule has 0 aliphatic carbocycles. The van der Waals surface area contributed by atoms with Crippen molar-refractivity contribution < 1.29 is 14.3 Å². The molecule has 3 aromatic heterocycles. The molecule has 38 heavy (non-hydrogen) atoms. The van der Waals surface area contributed by atoms with Crippen LogP contribution in [0.5, 0.6) is 0 Å². The van der Waals surface area contributed by atoms with Crippen LogP contribution in [0.3, 0.4) is 0 Å². The van der Waals surface area contributed by atoms with Crippen molar-refractivity contribution in [3.05, 3.63) is 89.2 Å². The standard InChI is InChI=1S/C26H22N6O4.C2H6/c1-31-22-7-6-19(10-17(22)13-28-31)29-21-5-3-4-16-8-9-32(25(34)24(16)21)15-23(33)30-20-11-18(12-27-14-20)26(35)36-2;1-2/h3-14,29H,15H2,1-2H3,(H,30,33);1-2H3. The molecule has 2 aromatic carbocycles. The topological polar surface area (TPSA) is 120 Å². The number of anilines is 3. The Balaban J connectivity index is 0.00000164. The van der Waals surface area contributed by atoms with Gasteiger partial charge >= 0.3 is 5.97 Å². The largest absolute Gasteiger partial charge is 0.465 e. The maximum Gasteiger partial charge on any atom is 0.339 e. The van der Waals surface area contributed by atoms with Crippen LogP contribution < -0.4 is 16.2 Å². The van der Waals surface area contributed by atoms with Crippen LogP contribution in [0.1, 0.15) is 24.2 Å². The molecule has 0 bridgehead atoms. The molecule has 10 heteroatoms. The van der Waals surface area contributed by atoms with Gasteiger partial charge in [0.2, 0.25) is 5.91 Å². The van der Waals surface area contributed by atoms with E-state index in [9.17, 15) is 14.4 Å². The number of rotatable bonds is 6. The van der Waals surface area contributed by atoms with Gasteiger partial charge in [0.1, 0.15) is 6.54 Å². The van der Waals surface area contributed by atoms with Crippen molar-refractivity contribution in [3.63, 3.8) is 0 Å². The maximum absolute atomic E-state index is 13.4. The molecule has 5 rings (SSSR count). The Morgan fingerprint density at radius 1 is 0.974 bits per heavy atom. The molecule has 194 valence electrons. The number of pyridine rings is 2. The Kier molecular flexibility index (Phi) is 7.81. The van der Waals surface area contributed by atoms with Gasteiger partial charge in [0.25, 0.3) is 5.56 Å². The number of hydrogen-bond acceptors (Lipinski definition) is 7. The molecule has 10 nitrogen and oxygen atoms in total. The van der Waals surface area contributed by atoms with Crippen molar-refractivity contribution in [2.75, 3.05) is 17.7 Å². The number of amides is 1. The van der Waals surface area contributed by atoms with Gasteiger partial charge in [-0.3, -0.25) is 19.3 Å². The van der Waals surface area contributed by atoms with Gasteiger partial charge in [-0.05, 0) is 41.8 Å². The highest BCUT2D eigenvalue weighted by Gasteiger charge is 2.13. The lowest BCUT2D eigenvalue weighted by Gasteiger charge is -2.13. The number of benzene rings is 2. The minimum Gasteiger partial charge on any atom is -0.465 e. The third-order valence-electron chi connectivity index (χ3n) is 5.79. The van der Waals surface area contributed by atoms with Gasteiger partial charge in [-0.15, -0.1) is 0 Å². The smallest absolute Gasteiger partial charge is 0.339 e. The molecule has 0 unspecified atom stereocenters. The quantitative estimate of drug-likeness (QED) is 0.322. The summed E-state index contributed by atoms with van der Waals surface area (Å²) in [6.07, 6.45) is 6.12. The number of ether oxygens (including phenoxy) is 1. The van der Waals surface area contributed by atoms with Crippen molar-refractivity contribution in [2.24, 2.45) is 7.05 Å². The summed E-state index contributed by atoms with van der Waals surface area (Å²) in [5, 5.41) is 12.5. The molecule has 0 atom stereocenters. The second-order valence-corrected chi connectivity index (χ2v) is 8.19. The first-order valence-corrected chi connectivity index (χ1v) is 12.1. The Hall–Kier alpha value is -4.99. The second-order valence-electron chi connectivity index (χ2n) is 8.19. The highest BCUT2D eigenvalue weighted by Crippen LogP contribution is 2.26. The Bertz CT molecular complexity index is 1690. The van der Waals surface area contributed by atoms with Crippen LogP contribution in [0.4, 0.5) is 17.1 Å². The van der Waals surface area contributed by atoms with Gasteiger partial charge in [-0.1, -0.05) is 26.0 Å². The van der Waals surface area contributed by atoms with Crippen LogP contribution in [0.15, 0.2) is 78.1 Å². The number of carbonyl (C=O) groups is 2. The SMILES string of the molecule is CC.COC(=O)c1cncc(NC(=O)Cn2ccc3cccc(Nc4ccc5c(cnn5C)c4)c3c2=O)c1. The third kappa shape index (κ3) is 5.39. The number of esters is 1. The van der Waals surface area contributed by atoms with Crippen LogP contribution >= 0.6 is 0 Å². The molecule has 5 aromatic rings. The Labute approximate surface area is 218 Å². The van der Waals surface area contributed by atoms with E-state index in [4.69, 9.17) is 0 Å². The number of nitrogens with one attached hydrogen (secondary N) is 2. The highest BCUT2D eigenvalue weighted by molar-refractivity contribution is 5.97. The fraction of sp³-hybridized carbons (Fsp3) is 0.179. The third-order valence-corrected chi connectivity index (χ3v) is 5.79. The minimum atomic E-state index is -0.563. The fourth-order valence-corrected chi connectivity index (χ4v) is 4.05. The van der Waals surface area contributed by atoms with Crippen LogP contribution in [0.2, 0.25) is 0 Å². The molecule has 2 N–H and O–H groups in total. The molecular formula is C28H28N6O4. The minimum absolute atomic E-state index is 0.207. The van der Waals surface area contributed by atoms with Crippen LogP contribution in [-0.4, -0.2) is 38.3 Å². The van der Waals surface area contributed by atoms with E-state index in [0.717, 1.165) is 22.0 Å². The number of hydrogen-bond donors (Lipinski definition) is 2. The molecular weight excluding hydrogens is 484 g/mol. The fourth-order valence-electron chi connectivity index (χ4n) is 4.05. The molecule has 0 saturated heterocycles. The molecule has 0 saturated carbocycles. The monoisotopic (exact) mass is 512 g/mol. The van der Waals surface area contributed by atoms with Crippen molar-refractivity contribution >= 4 is 50.6 Å². The number of fused-ring (bicyclic) bond motifs is 2. The number of carbonyl (C=O) groups excluding carboxylic acids is 2. The molecule has 0 fully saturated rings. The Morgan fingerprint density at radius 3 is 2.58 bits per heavy atom. The van der Waals surface area contributed by atoms with E-state index in [-0.39, 0.29) is 17.7 Å². The van der Waals surface area contributed by atoms with E-state index in [0.29, 0.717) is 16.8 Å². The number of aromatic nitrogens is 4. The number of methoxy groups -OCH3 is 1. The molecule has 0 aliphatic rings. The van der Waals surface area contributed by atoms with E-state index < -0.39 is 11.9 Å². The van der Waals surface area contributed by atoms with Gasteiger partial charge in [-0.25, -0.2) is 4.79 Å². The van der Waals surface area contributed by atoms with E-state index in [1.165, 1.54) is 30.1 Å². The average Bonchev–Trinajstić information content (AvgIpc) is 3.31. The lowest BCUT2D eigenvalue weighted by molar-refractivity contribution is -0.116. The zero-order chi connectivity index (χ0) is 27.2. The summed E-state index contributed by atoms with van der Waals surface area (Å²) in [4.78, 5) is 41.7. The van der Waals surface area contributed by atoms with Crippen molar-refractivity contribution in [3.8, 4) is 0 Å². The summed E-state index contributed by atoms with van der Waals surface area (Å²) in [7, 11) is 3.14. The first-order valence-electron chi connectivity index (χ1n) is 12.1. The summed E-state index contributed by atoms with van der Waals surface area (Å²) in [6.45, 7) is 3.78. The molecule has 0 spiro atoms. The normalized spacial score (nSPS) is 10.5. The van der Waals surface area contributed by atoms with Gasteiger partial charge in [-0.2, -0.15) is 5.10 Å². The molecule has 0 aliphatic heterocycles. The number of nitrogens with zero attached hydrogens (tertiary/aromatic N) is 4. The van der Waals surface area contributed by atoms with Gasteiger partial charge in [0.05, 0.1) is 47.3 Å².